The molecule has 0 aliphatic carbocycles. The van der Waals surface area contributed by atoms with E-state index in [0.717, 1.165) is 19.0 Å². The van der Waals surface area contributed by atoms with E-state index in [1.54, 1.807) is 0 Å². The number of benzene rings is 1. The highest BCUT2D eigenvalue weighted by molar-refractivity contribution is 5.50. The molecule has 0 saturated carbocycles. The Kier molecular flexibility index (Phi) is 5.69. The number of hydrogen-bond donors (Lipinski definition) is 1. The summed E-state index contributed by atoms with van der Waals surface area (Å²) >= 11 is 0. The molecular formula is C19H32N2. The third-order valence-corrected chi connectivity index (χ3v) is 5.14. The Morgan fingerprint density at radius 2 is 1.81 bits per heavy atom. The van der Waals surface area contributed by atoms with E-state index in [9.17, 15) is 0 Å². The molecule has 2 nitrogen and oxygen atoms in total. The Hall–Kier alpha value is -1.02. The Bertz CT molecular complexity index is 424. The fourth-order valence-corrected chi connectivity index (χ4v) is 3.22. The molecule has 1 aliphatic heterocycles. The number of nitrogens with one attached hydrogen (secondary N) is 1. The first kappa shape index (κ1) is 16.4. The van der Waals surface area contributed by atoms with Crippen LogP contribution in [0.25, 0.3) is 0 Å². The van der Waals surface area contributed by atoms with Gasteiger partial charge in [-0.15, -0.1) is 0 Å². The maximum atomic E-state index is 3.76. The van der Waals surface area contributed by atoms with Crippen LogP contribution in [-0.2, 0) is 0 Å². The van der Waals surface area contributed by atoms with Gasteiger partial charge in [-0.2, -0.15) is 0 Å². The largest absolute Gasteiger partial charge is 0.366 e. The lowest BCUT2D eigenvalue weighted by Crippen LogP contribution is -2.58. The average molecular weight is 288 g/mol. The Balaban J connectivity index is 2.16. The van der Waals surface area contributed by atoms with Crippen molar-refractivity contribution in [1.82, 2.24) is 5.32 Å². The molecule has 1 saturated heterocycles. The summed E-state index contributed by atoms with van der Waals surface area (Å²) < 4.78 is 0. The van der Waals surface area contributed by atoms with Gasteiger partial charge in [-0.3, -0.25) is 0 Å². The third kappa shape index (κ3) is 3.79. The second-order valence-electron chi connectivity index (χ2n) is 6.86. The summed E-state index contributed by atoms with van der Waals surface area (Å²) in [4.78, 5) is 2.62. The van der Waals surface area contributed by atoms with Crippen molar-refractivity contribution in [2.24, 2.45) is 5.92 Å². The minimum atomic E-state index is 0.608. The van der Waals surface area contributed by atoms with Gasteiger partial charge in [0, 0.05) is 30.9 Å². The predicted octanol–water partition coefficient (Wildman–Crippen LogP) is 4.41. The van der Waals surface area contributed by atoms with Gasteiger partial charge in [-0.05, 0) is 36.0 Å². The summed E-state index contributed by atoms with van der Waals surface area (Å²) in [7, 11) is 0. The van der Waals surface area contributed by atoms with Crippen molar-refractivity contribution >= 4 is 5.69 Å². The molecule has 1 aromatic carbocycles. The van der Waals surface area contributed by atoms with Gasteiger partial charge in [0.1, 0.15) is 0 Å². The van der Waals surface area contributed by atoms with Crippen LogP contribution in [-0.4, -0.2) is 25.2 Å². The lowest BCUT2D eigenvalue weighted by Gasteiger charge is -2.43. The Morgan fingerprint density at radius 1 is 1.14 bits per heavy atom. The van der Waals surface area contributed by atoms with E-state index in [-0.39, 0.29) is 0 Å². The lowest BCUT2D eigenvalue weighted by molar-refractivity contribution is 0.306. The van der Waals surface area contributed by atoms with Gasteiger partial charge in [-0.1, -0.05) is 53.2 Å². The molecule has 3 unspecified atom stereocenters. The molecule has 0 spiro atoms. The molecule has 1 aliphatic rings. The summed E-state index contributed by atoms with van der Waals surface area (Å²) in [6, 6.07) is 10.5. The van der Waals surface area contributed by atoms with Crippen molar-refractivity contribution in [1.29, 1.82) is 0 Å². The molecule has 1 heterocycles. The number of rotatable bonds is 5. The fourth-order valence-electron chi connectivity index (χ4n) is 3.22. The maximum Gasteiger partial charge on any atom is 0.0412 e. The topological polar surface area (TPSA) is 15.3 Å². The molecule has 1 aromatic rings. The van der Waals surface area contributed by atoms with Gasteiger partial charge in [0.15, 0.2) is 0 Å². The van der Waals surface area contributed by atoms with Gasteiger partial charge >= 0.3 is 0 Å². The van der Waals surface area contributed by atoms with E-state index in [4.69, 9.17) is 0 Å². The molecule has 0 bridgehead atoms. The molecule has 1 N–H and O–H groups in total. The van der Waals surface area contributed by atoms with E-state index in [1.807, 2.05) is 0 Å². The van der Waals surface area contributed by atoms with Crippen LogP contribution in [0.3, 0.4) is 0 Å². The summed E-state index contributed by atoms with van der Waals surface area (Å²) in [6.07, 6.45) is 2.45. The minimum Gasteiger partial charge on any atom is -0.366 e. The van der Waals surface area contributed by atoms with E-state index >= 15 is 0 Å². The standard InChI is InChI=1S/C19H32N2/c1-6-15(5)19-13-21(17(7-2)12-20-19)18-10-8-16(9-11-18)14(3)4/h8-11,14-15,17,19-20H,6-7,12-13H2,1-5H3. The monoisotopic (exact) mass is 288 g/mol. The van der Waals surface area contributed by atoms with Crippen LogP contribution in [0, 0.1) is 5.92 Å². The van der Waals surface area contributed by atoms with Crippen molar-refractivity contribution in [2.45, 2.75) is 65.5 Å². The first-order chi connectivity index (χ1) is 10.1. The van der Waals surface area contributed by atoms with Gasteiger partial charge in [0.05, 0.1) is 0 Å². The van der Waals surface area contributed by atoms with Gasteiger partial charge in [-0.25, -0.2) is 0 Å². The third-order valence-electron chi connectivity index (χ3n) is 5.14. The number of nitrogens with zero attached hydrogens (tertiary/aromatic N) is 1. The molecule has 3 atom stereocenters. The molecule has 2 rings (SSSR count). The highest BCUT2D eigenvalue weighted by Crippen LogP contribution is 2.26. The smallest absolute Gasteiger partial charge is 0.0412 e. The normalized spacial score (nSPS) is 24.4. The minimum absolute atomic E-state index is 0.608. The number of anilines is 1. The molecule has 0 amide bonds. The van der Waals surface area contributed by atoms with Crippen molar-refractivity contribution in [2.75, 3.05) is 18.0 Å². The van der Waals surface area contributed by atoms with E-state index in [1.165, 1.54) is 24.1 Å². The predicted molar refractivity (Wildman–Crippen MR) is 93.2 cm³/mol. The zero-order valence-corrected chi connectivity index (χ0v) is 14.4. The van der Waals surface area contributed by atoms with E-state index in [2.05, 4.69) is 69.1 Å². The van der Waals surface area contributed by atoms with Crippen LogP contribution in [0.5, 0.6) is 0 Å². The van der Waals surface area contributed by atoms with Crippen LogP contribution in [0.15, 0.2) is 24.3 Å². The zero-order chi connectivity index (χ0) is 15.4. The highest BCUT2D eigenvalue weighted by atomic mass is 15.2. The van der Waals surface area contributed by atoms with Crippen LogP contribution in [0.4, 0.5) is 5.69 Å². The lowest BCUT2D eigenvalue weighted by atomic mass is 9.94. The van der Waals surface area contributed by atoms with Crippen LogP contribution in [0.1, 0.15) is 58.9 Å². The van der Waals surface area contributed by atoms with Crippen LogP contribution >= 0.6 is 0 Å². The number of hydrogen-bond acceptors (Lipinski definition) is 2. The molecule has 2 heteroatoms. The molecule has 1 fully saturated rings. The highest BCUT2D eigenvalue weighted by Gasteiger charge is 2.29. The molecule has 21 heavy (non-hydrogen) atoms. The Labute approximate surface area is 130 Å². The first-order valence-electron chi connectivity index (χ1n) is 8.66. The van der Waals surface area contributed by atoms with Gasteiger partial charge in [0.2, 0.25) is 0 Å². The van der Waals surface area contributed by atoms with Crippen LogP contribution < -0.4 is 10.2 Å². The van der Waals surface area contributed by atoms with Crippen LogP contribution in [0.2, 0.25) is 0 Å². The molecule has 118 valence electrons. The summed E-state index contributed by atoms with van der Waals surface area (Å²) in [5.74, 6) is 1.34. The first-order valence-corrected chi connectivity index (χ1v) is 8.66. The zero-order valence-electron chi connectivity index (χ0n) is 14.4. The fraction of sp³-hybridized carbons (Fsp3) is 0.684. The second-order valence-corrected chi connectivity index (χ2v) is 6.86. The summed E-state index contributed by atoms with van der Waals surface area (Å²) in [5, 5.41) is 3.76. The van der Waals surface area contributed by atoms with Crippen molar-refractivity contribution < 1.29 is 0 Å². The molecule has 0 radical (unpaired) electrons. The van der Waals surface area contributed by atoms with Gasteiger partial charge < -0.3 is 10.2 Å². The summed E-state index contributed by atoms with van der Waals surface area (Å²) in [5.41, 5.74) is 2.82. The van der Waals surface area contributed by atoms with E-state index in [0.29, 0.717) is 18.0 Å². The molecule has 0 aromatic heterocycles. The quantitative estimate of drug-likeness (QED) is 0.863. The molecular weight excluding hydrogens is 256 g/mol. The summed E-state index contributed by atoms with van der Waals surface area (Å²) in [6.45, 7) is 13.7. The van der Waals surface area contributed by atoms with Gasteiger partial charge in [0.25, 0.3) is 0 Å². The van der Waals surface area contributed by atoms with Crippen molar-refractivity contribution in [3.8, 4) is 0 Å². The van der Waals surface area contributed by atoms with Crippen molar-refractivity contribution in [3.63, 3.8) is 0 Å². The SMILES string of the molecule is CCC(C)C1CN(c2ccc(C(C)C)cc2)C(CC)CN1. The second kappa shape index (κ2) is 7.31. The average Bonchev–Trinajstić information content (AvgIpc) is 2.53. The Morgan fingerprint density at radius 3 is 2.33 bits per heavy atom. The maximum absolute atomic E-state index is 3.76. The number of piperazine rings is 1. The van der Waals surface area contributed by atoms with E-state index < -0.39 is 0 Å². The van der Waals surface area contributed by atoms with Crippen molar-refractivity contribution in [3.05, 3.63) is 29.8 Å².